The lowest BCUT2D eigenvalue weighted by atomic mass is 9.90. The Labute approximate surface area is 242 Å². The molecule has 206 valence electrons. The molecular formula is C32H38Cl2N4O. The molecular weight excluding hydrogens is 527 g/mol. The van der Waals surface area contributed by atoms with Crippen molar-refractivity contribution in [1.82, 2.24) is 15.5 Å². The van der Waals surface area contributed by atoms with Crippen molar-refractivity contribution in [3.8, 4) is 11.1 Å². The first-order valence-corrected chi connectivity index (χ1v) is 14.8. The molecule has 2 aliphatic heterocycles. The molecule has 0 bridgehead atoms. The SMILES string of the molecule is O=CNCC1CCN(Cc2cc(CNc3ccc(C4CCNCC4)cc3)cc(-c3cc(Cl)cc(Cl)c3)c2)CC1. The summed E-state index contributed by atoms with van der Waals surface area (Å²) in [5, 5.41) is 11.2. The van der Waals surface area contributed by atoms with E-state index in [0.717, 1.165) is 81.9 Å². The third kappa shape index (κ3) is 7.98. The average Bonchev–Trinajstić information content (AvgIpc) is 2.96. The summed E-state index contributed by atoms with van der Waals surface area (Å²) >= 11 is 12.7. The van der Waals surface area contributed by atoms with Crippen molar-refractivity contribution >= 4 is 35.3 Å². The zero-order valence-electron chi connectivity index (χ0n) is 22.4. The molecule has 1 amide bonds. The predicted octanol–water partition coefficient (Wildman–Crippen LogP) is 6.70. The zero-order valence-corrected chi connectivity index (χ0v) is 23.9. The Morgan fingerprint density at radius 1 is 0.846 bits per heavy atom. The van der Waals surface area contributed by atoms with E-state index in [1.807, 2.05) is 12.1 Å². The van der Waals surface area contributed by atoms with Crippen LogP contribution in [0.2, 0.25) is 10.0 Å². The highest BCUT2D eigenvalue weighted by Gasteiger charge is 2.19. The molecule has 0 aromatic heterocycles. The van der Waals surface area contributed by atoms with E-state index in [1.165, 1.54) is 29.5 Å². The molecule has 3 N–H and O–H groups in total. The number of nitrogens with zero attached hydrogens (tertiary/aromatic N) is 1. The number of nitrogens with one attached hydrogen (secondary N) is 3. The fourth-order valence-corrected chi connectivity index (χ4v) is 6.42. The molecule has 0 unspecified atom stereocenters. The molecule has 5 rings (SSSR count). The predicted molar refractivity (Wildman–Crippen MR) is 163 cm³/mol. The highest BCUT2D eigenvalue weighted by atomic mass is 35.5. The van der Waals surface area contributed by atoms with Crippen LogP contribution in [0.3, 0.4) is 0 Å². The molecule has 7 heteroatoms. The van der Waals surface area contributed by atoms with Gasteiger partial charge in [-0.05, 0) is 134 Å². The lowest BCUT2D eigenvalue weighted by Gasteiger charge is -2.32. The van der Waals surface area contributed by atoms with Gasteiger partial charge in [0.15, 0.2) is 0 Å². The third-order valence-electron chi connectivity index (χ3n) is 8.07. The highest BCUT2D eigenvalue weighted by Crippen LogP contribution is 2.30. The fourth-order valence-electron chi connectivity index (χ4n) is 5.90. The zero-order chi connectivity index (χ0) is 27.0. The first-order chi connectivity index (χ1) is 19.1. The minimum absolute atomic E-state index is 0.562. The largest absolute Gasteiger partial charge is 0.381 e. The van der Waals surface area contributed by atoms with Gasteiger partial charge in [0.2, 0.25) is 6.41 Å². The molecule has 0 aliphatic carbocycles. The van der Waals surface area contributed by atoms with Crippen molar-refractivity contribution in [3.63, 3.8) is 0 Å². The van der Waals surface area contributed by atoms with Crippen molar-refractivity contribution in [3.05, 3.63) is 87.4 Å². The van der Waals surface area contributed by atoms with E-state index in [9.17, 15) is 4.79 Å². The first kappa shape index (κ1) is 28.0. The number of likely N-dealkylation sites (tertiary alicyclic amines) is 1. The topological polar surface area (TPSA) is 56.4 Å². The lowest BCUT2D eigenvalue weighted by molar-refractivity contribution is -0.109. The molecule has 2 fully saturated rings. The van der Waals surface area contributed by atoms with Crippen LogP contribution in [0, 0.1) is 5.92 Å². The van der Waals surface area contributed by atoms with Crippen LogP contribution in [-0.2, 0) is 17.9 Å². The highest BCUT2D eigenvalue weighted by molar-refractivity contribution is 6.35. The van der Waals surface area contributed by atoms with Crippen LogP contribution in [0.25, 0.3) is 11.1 Å². The van der Waals surface area contributed by atoms with Gasteiger partial charge in [0, 0.05) is 35.4 Å². The summed E-state index contributed by atoms with van der Waals surface area (Å²) in [5.74, 6) is 1.22. The number of carbonyl (C=O) groups is 1. The number of carbonyl (C=O) groups excluding carboxylic acids is 1. The van der Waals surface area contributed by atoms with Crippen molar-refractivity contribution in [2.45, 2.75) is 44.7 Å². The minimum atomic E-state index is 0.562. The first-order valence-electron chi connectivity index (χ1n) is 14.1. The van der Waals surface area contributed by atoms with Gasteiger partial charge in [-0.2, -0.15) is 0 Å². The van der Waals surface area contributed by atoms with Gasteiger partial charge < -0.3 is 16.0 Å². The Morgan fingerprint density at radius 2 is 1.51 bits per heavy atom. The van der Waals surface area contributed by atoms with Crippen LogP contribution >= 0.6 is 23.2 Å². The maximum Gasteiger partial charge on any atom is 0.207 e. The summed E-state index contributed by atoms with van der Waals surface area (Å²) < 4.78 is 0. The summed E-state index contributed by atoms with van der Waals surface area (Å²) in [6.45, 7) is 6.70. The second-order valence-electron chi connectivity index (χ2n) is 10.9. The van der Waals surface area contributed by atoms with Gasteiger partial charge in [0.05, 0.1) is 0 Å². The molecule has 0 atom stereocenters. The number of hydrogen-bond donors (Lipinski definition) is 3. The number of hydrogen-bond acceptors (Lipinski definition) is 4. The van der Waals surface area contributed by atoms with Gasteiger partial charge in [0.25, 0.3) is 0 Å². The second kappa shape index (κ2) is 13.7. The Kier molecular flexibility index (Phi) is 9.81. The number of piperidine rings is 2. The number of rotatable bonds is 10. The summed E-state index contributed by atoms with van der Waals surface area (Å²) in [6, 6.07) is 21.5. The third-order valence-corrected chi connectivity index (χ3v) is 8.51. The lowest BCUT2D eigenvalue weighted by Crippen LogP contribution is -2.36. The quantitative estimate of drug-likeness (QED) is 0.240. The molecule has 39 heavy (non-hydrogen) atoms. The number of halogens is 2. The van der Waals surface area contributed by atoms with Gasteiger partial charge in [0.1, 0.15) is 0 Å². The molecule has 3 aromatic rings. The molecule has 5 nitrogen and oxygen atoms in total. The fraction of sp³-hybridized carbons (Fsp3) is 0.406. The van der Waals surface area contributed by atoms with Crippen molar-refractivity contribution in [2.75, 3.05) is 38.0 Å². The van der Waals surface area contributed by atoms with Crippen LogP contribution in [0.15, 0.2) is 60.7 Å². The smallest absolute Gasteiger partial charge is 0.207 e. The van der Waals surface area contributed by atoms with E-state index in [-0.39, 0.29) is 0 Å². The standard InChI is InChI=1S/C32H38Cl2N4O/c33-30-16-29(17-31(34)18-30)28-14-24(13-25(15-28)21-38-11-7-23(8-12-38)19-36-22-39)20-37-32-3-1-26(2-4-32)27-5-9-35-10-6-27/h1-4,13-18,22-23,27,35,37H,5-12,19-21H2,(H,36,39). The molecule has 2 saturated heterocycles. The van der Waals surface area contributed by atoms with E-state index in [1.54, 1.807) is 6.07 Å². The maximum atomic E-state index is 10.7. The molecule has 0 saturated carbocycles. The van der Waals surface area contributed by atoms with Gasteiger partial charge in [-0.15, -0.1) is 0 Å². The minimum Gasteiger partial charge on any atom is -0.381 e. The second-order valence-corrected chi connectivity index (χ2v) is 11.8. The molecule has 2 heterocycles. The van der Waals surface area contributed by atoms with Crippen molar-refractivity contribution in [1.29, 1.82) is 0 Å². The Bertz CT molecular complexity index is 1220. The van der Waals surface area contributed by atoms with Crippen LogP contribution in [0.1, 0.15) is 48.3 Å². The summed E-state index contributed by atoms with van der Waals surface area (Å²) in [4.78, 5) is 13.2. The maximum absolute atomic E-state index is 10.7. The van der Waals surface area contributed by atoms with Gasteiger partial charge >= 0.3 is 0 Å². The summed E-state index contributed by atoms with van der Waals surface area (Å²) in [5.41, 5.74) is 7.24. The Balaban J connectivity index is 1.30. The Hall–Kier alpha value is -2.57. The van der Waals surface area contributed by atoms with Crippen LogP contribution in [-0.4, -0.2) is 44.0 Å². The monoisotopic (exact) mass is 564 g/mol. The van der Waals surface area contributed by atoms with Crippen molar-refractivity contribution < 1.29 is 4.79 Å². The van der Waals surface area contributed by atoms with Gasteiger partial charge in [-0.25, -0.2) is 0 Å². The van der Waals surface area contributed by atoms with E-state index in [2.05, 4.69) is 63.3 Å². The van der Waals surface area contributed by atoms with E-state index < -0.39 is 0 Å². The van der Waals surface area contributed by atoms with Gasteiger partial charge in [-0.3, -0.25) is 9.69 Å². The number of benzene rings is 3. The Morgan fingerprint density at radius 3 is 2.21 bits per heavy atom. The normalized spacial score (nSPS) is 17.2. The molecule has 0 radical (unpaired) electrons. The molecule has 3 aromatic carbocycles. The van der Waals surface area contributed by atoms with E-state index in [0.29, 0.717) is 21.9 Å². The van der Waals surface area contributed by atoms with E-state index in [4.69, 9.17) is 23.2 Å². The molecule has 0 spiro atoms. The van der Waals surface area contributed by atoms with Crippen molar-refractivity contribution in [2.24, 2.45) is 5.92 Å². The van der Waals surface area contributed by atoms with Crippen LogP contribution in [0.5, 0.6) is 0 Å². The van der Waals surface area contributed by atoms with Gasteiger partial charge in [-0.1, -0.05) is 41.4 Å². The summed E-state index contributed by atoms with van der Waals surface area (Å²) in [6.07, 6.45) is 5.43. The summed E-state index contributed by atoms with van der Waals surface area (Å²) in [7, 11) is 0. The van der Waals surface area contributed by atoms with E-state index >= 15 is 0 Å². The average molecular weight is 566 g/mol. The molecule has 2 aliphatic rings. The van der Waals surface area contributed by atoms with Crippen LogP contribution in [0.4, 0.5) is 5.69 Å². The van der Waals surface area contributed by atoms with Crippen LogP contribution < -0.4 is 16.0 Å². The number of anilines is 1. The number of amides is 1.